The van der Waals surface area contributed by atoms with Crippen molar-refractivity contribution in [3.05, 3.63) is 0 Å². The van der Waals surface area contributed by atoms with Crippen LogP contribution in [0.25, 0.3) is 0 Å². The van der Waals surface area contributed by atoms with E-state index in [1.165, 1.54) is 25.0 Å². The van der Waals surface area contributed by atoms with Crippen LogP contribution in [0, 0.1) is 0 Å². The van der Waals surface area contributed by atoms with E-state index >= 15 is 0 Å². The van der Waals surface area contributed by atoms with Gasteiger partial charge in [-0.25, -0.2) is 0 Å². The second-order valence-corrected chi connectivity index (χ2v) is 5.27. The normalized spacial score (nSPS) is 11.1. The molecular formula is C7H17BF4S. The molecule has 13 heavy (non-hydrogen) atoms. The largest absolute Gasteiger partial charge is 0.673 e. The Bertz CT molecular complexity index is 99.2. The molecule has 0 aliphatic heterocycles. The molecule has 0 radical (unpaired) electrons. The van der Waals surface area contributed by atoms with E-state index in [2.05, 4.69) is 19.4 Å². The van der Waals surface area contributed by atoms with Gasteiger partial charge in [-0.1, -0.05) is 13.3 Å². The third-order valence-electron chi connectivity index (χ3n) is 1.16. The first-order valence-electron chi connectivity index (χ1n) is 4.19. The minimum atomic E-state index is -6.00. The fraction of sp³-hybridized carbons (Fsp3) is 1.00. The first kappa shape index (κ1) is 15.6. The molecule has 82 valence electrons. The Morgan fingerprint density at radius 1 is 1.00 bits per heavy atom. The average molecular weight is 220 g/mol. The quantitative estimate of drug-likeness (QED) is 0.295. The first-order chi connectivity index (χ1) is 5.77. The van der Waals surface area contributed by atoms with Gasteiger partial charge in [-0.15, -0.1) is 0 Å². The van der Waals surface area contributed by atoms with Gasteiger partial charge in [0.05, 0.1) is 12.5 Å². The van der Waals surface area contributed by atoms with Crippen molar-refractivity contribution in [2.75, 3.05) is 18.3 Å². The highest BCUT2D eigenvalue weighted by Crippen LogP contribution is 2.06. The van der Waals surface area contributed by atoms with Crippen molar-refractivity contribution < 1.29 is 17.3 Å². The van der Waals surface area contributed by atoms with Crippen LogP contribution in [-0.4, -0.2) is 25.5 Å². The maximum absolute atomic E-state index is 9.75. The first-order valence-corrected chi connectivity index (χ1v) is 6.40. The van der Waals surface area contributed by atoms with Crippen LogP contribution < -0.4 is 0 Å². The van der Waals surface area contributed by atoms with Gasteiger partial charge in [0, 0.05) is 0 Å². The summed E-state index contributed by atoms with van der Waals surface area (Å²) in [5.41, 5.74) is 0. The third-order valence-corrected chi connectivity index (χ3v) is 2.26. The van der Waals surface area contributed by atoms with Gasteiger partial charge in [-0.3, -0.25) is 0 Å². The van der Waals surface area contributed by atoms with E-state index in [0.29, 0.717) is 10.9 Å². The summed E-state index contributed by atoms with van der Waals surface area (Å²) in [6, 6.07) is 0. The molecule has 0 saturated heterocycles. The van der Waals surface area contributed by atoms with Gasteiger partial charge in [0.1, 0.15) is 5.75 Å². The minimum Gasteiger partial charge on any atom is -0.418 e. The zero-order valence-corrected chi connectivity index (χ0v) is 9.14. The number of unbranched alkanes of at least 4 members (excludes halogenated alkanes) is 2. The second kappa shape index (κ2) is 8.72. The molecule has 0 rings (SSSR count). The summed E-state index contributed by atoms with van der Waals surface area (Å²) in [6.45, 7) is 2.25. The van der Waals surface area contributed by atoms with Gasteiger partial charge in [0.15, 0.2) is 0 Å². The van der Waals surface area contributed by atoms with Crippen LogP contribution >= 0.6 is 0 Å². The summed E-state index contributed by atoms with van der Waals surface area (Å²) in [5, 5.41) is 0. The van der Waals surface area contributed by atoms with E-state index in [1.54, 1.807) is 0 Å². The standard InChI is InChI=1S/C7H17S.BF4/c1-4-5-6-7-8(2)3;2-1(3,4)5/h4-7H2,1-3H3;/q+1;-1. The zero-order chi connectivity index (χ0) is 10.9. The molecule has 0 spiro atoms. The Hall–Kier alpha value is 0.135. The van der Waals surface area contributed by atoms with Crippen LogP contribution in [0.1, 0.15) is 26.2 Å². The van der Waals surface area contributed by atoms with Gasteiger partial charge < -0.3 is 17.3 Å². The molecular weight excluding hydrogens is 203 g/mol. The van der Waals surface area contributed by atoms with Crippen molar-refractivity contribution in [3.8, 4) is 0 Å². The fourth-order valence-corrected chi connectivity index (χ4v) is 1.42. The number of halogens is 4. The summed E-state index contributed by atoms with van der Waals surface area (Å²) in [5.74, 6) is 1.44. The molecule has 0 atom stereocenters. The van der Waals surface area contributed by atoms with E-state index < -0.39 is 7.25 Å². The molecule has 0 fully saturated rings. The maximum atomic E-state index is 9.75. The maximum Gasteiger partial charge on any atom is 0.673 e. The van der Waals surface area contributed by atoms with Gasteiger partial charge in [-0.05, 0) is 23.7 Å². The van der Waals surface area contributed by atoms with E-state index in [1.807, 2.05) is 0 Å². The summed E-state index contributed by atoms with van der Waals surface area (Å²) < 4.78 is 39.0. The number of hydrogen-bond acceptors (Lipinski definition) is 0. The van der Waals surface area contributed by atoms with E-state index in [0.717, 1.165) is 0 Å². The highest BCUT2D eigenvalue weighted by atomic mass is 32.2. The van der Waals surface area contributed by atoms with Crippen molar-refractivity contribution in [1.29, 1.82) is 0 Å². The smallest absolute Gasteiger partial charge is 0.418 e. The molecule has 0 N–H and O–H groups in total. The Morgan fingerprint density at radius 3 is 1.62 bits per heavy atom. The fourth-order valence-electron chi connectivity index (χ4n) is 0.641. The molecule has 0 amide bonds. The highest BCUT2D eigenvalue weighted by Gasteiger charge is 2.20. The lowest BCUT2D eigenvalue weighted by atomic mass is 10.3. The highest BCUT2D eigenvalue weighted by molar-refractivity contribution is 7.95. The lowest BCUT2D eigenvalue weighted by molar-refractivity contribution is 0.368. The van der Waals surface area contributed by atoms with Crippen molar-refractivity contribution in [2.45, 2.75) is 26.2 Å². The number of rotatable bonds is 4. The molecule has 0 aromatic rings. The predicted octanol–water partition coefficient (Wildman–Crippen LogP) is 3.35. The average Bonchev–Trinajstić information content (AvgIpc) is 1.83. The summed E-state index contributed by atoms with van der Waals surface area (Å²) >= 11 is 0. The predicted molar refractivity (Wildman–Crippen MR) is 53.8 cm³/mol. The van der Waals surface area contributed by atoms with Crippen LogP contribution in [-0.2, 0) is 10.9 Å². The van der Waals surface area contributed by atoms with E-state index in [9.17, 15) is 17.3 Å². The Balaban J connectivity index is 0. The molecule has 0 aliphatic rings. The molecule has 0 unspecified atom stereocenters. The monoisotopic (exact) mass is 220 g/mol. The van der Waals surface area contributed by atoms with Gasteiger partial charge >= 0.3 is 7.25 Å². The lowest BCUT2D eigenvalue weighted by Crippen LogP contribution is -2.02. The van der Waals surface area contributed by atoms with Crippen LogP contribution in [0.3, 0.4) is 0 Å². The molecule has 0 heterocycles. The van der Waals surface area contributed by atoms with Crippen LogP contribution in [0.15, 0.2) is 0 Å². The van der Waals surface area contributed by atoms with Crippen molar-refractivity contribution in [3.63, 3.8) is 0 Å². The summed E-state index contributed by atoms with van der Waals surface area (Å²) in [7, 11) is -5.32. The molecule has 0 aromatic carbocycles. The second-order valence-electron chi connectivity index (χ2n) is 2.89. The van der Waals surface area contributed by atoms with Crippen molar-refractivity contribution in [1.82, 2.24) is 0 Å². The SMILES string of the molecule is CCCCC[S+](C)C.F[B-](F)(F)F. The Kier molecular flexibility index (Phi) is 10.5. The molecule has 0 bridgehead atoms. The van der Waals surface area contributed by atoms with E-state index in [4.69, 9.17) is 0 Å². The molecule has 0 aromatic heterocycles. The van der Waals surface area contributed by atoms with Gasteiger partial charge in [-0.2, -0.15) is 0 Å². The Labute approximate surface area is 80.5 Å². The summed E-state index contributed by atoms with van der Waals surface area (Å²) in [4.78, 5) is 0. The lowest BCUT2D eigenvalue weighted by Gasteiger charge is -1.94. The molecule has 6 heteroatoms. The van der Waals surface area contributed by atoms with Gasteiger partial charge in [0.2, 0.25) is 0 Å². The zero-order valence-electron chi connectivity index (χ0n) is 8.33. The van der Waals surface area contributed by atoms with Crippen LogP contribution in [0.2, 0.25) is 0 Å². The minimum absolute atomic E-state index is 0.683. The Morgan fingerprint density at radius 2 is 1.38 bits per heavy atom. The van der Waals surface area contributed by atoms with Crippen LogP contribution in [0.4, 0.5) is 17.3 Å². The molecule has 0 nitrogen and oxygen atoms in total. The van der Waals surface area contributed by atoms with E-state index in [-0.39, 0.29) is 0 Å². The van der Waals surface area contributed by atoms with Gasteiger partial charge in [0.25, 0.3) is 0 Å². The van der Waals surface area contributed by atoms with Crippen molar-refractivity contribution >= 4 is 18.1 Å². The molecule has 0 aliphatic carbocycles. The topological polar surface area (TPSA) is 0 Å². The van der Waals surface area contributed by atoms with Crippen molar-refractivity contribution in [2.24, 2.45) is 0 Å². The molecule has 0 saturated carbocycles. The summed E-state index contributed by atoms with van der Waals surface area (Å²) in [6.07, 6.45) is 8.85. The third kappa shape index (κ3) is 47.3. The van der Waals surface area contributed by atoms with Crippen LogP contribution in [0.5, 0.6) is 0 Å². The number of hydrogen-bond donors (Lipinski definition) is 0.